The van der Waals surface area contributed by atoms with E-state index in [9.17, 15) is 23.3 Å². The third-order valence-corrected chi connectivity index (χ3v) is 2.70. The normalized spacial score (nSPS) is 11.8. The van der Waals surface area contributed by atoms with Crippen LogP contribution in [0.1, 0.15) is 5.56 Å². The summed E-state index contributed by atoms with van der Waals surface area (Å²) in [6.45, 7) is 0. The van der Waals surface area contributed by atoms with Crippen molar-refractivity contribution < 1.29 is 18.1 Å². The second-order valence-electron chi connectivity index (χ2n) is 3.47. The van der Waals surface area contributed by atoms with Gasteiger partial charge in [0.2, 0.25) is 0 Å². The Kier molecular flexibility index (Phi) is 2.97. The Bertz CT molecular complexity index is 643. The molecule has 8 heteroatoms. The fraction of sp³-hybridized carbons (Fsp3) is 0.100. The monoisotopic (exact) mass is 320 g/mol. The number of hydrogen-bond acceptors (Lipinski definition) is 3. The molecule has 0 atom stereocenters. The summed E-state index contributed by atoms with van der Waals surface area (Å²) in [7, 11) is 0. The molecule has 94 valence electrons. The Morgan fingerprint density at radius 1 is 1.28 bits per heavy atom. The first kappa shape index (κ1) is 12.7. The number of hydrogen-bond donors (Lipinski definition) is 0. The van der Waals surface area contributed by atoms with Crippen LogP contribution in [0.2, 0.25) is 0 Å². The molecule has 0 unspecified atom stereocenters. The molecule has 0 saturated heterocycles. The second kappa shape index (κ2) is 4.20. The van der Waals surface area contributed by atoms with E-state index in [0.29, 0.717) is 10.5 Å². The molecule has 0 saturated carbocycles. The summed E-state index contributed by atoms with van der Waals surface area (Å²) in [6.07, 6.45) is -3.39. The lowest BCUT2D eigenvalue weighted by Crippen LogP contribution is -2.07. The highest BCUT2D eigenvalue weighted by molar-refractivity contribution is 9.10. The maximum absolute atomic E-state index is 12.8. The molecule has 0 fully saturated rings. The predicted molar refractivity (Wildman–Crippen MR) is 61.1 cm³/mol. The quantitative estimate of drug-likeness (QED) is 0.591. The van der Waals surface area contributed by atoms with E-state index in [1.807, 2.05) is 0 Å². The van der Waals surface area contributed by atoms with E-state index in [4.69, 9.17) is 0 Å². The van der Waals surface area contributed by atoms with Crippen molar-refractivity contribution in [2.24, 2.45) is 0 Å². The predicted octanol–water partition coefficient (Wildman–Crippen LogP) is 3.92. The molecule has 2 aromatic rings. The molecule has 18 heavy (non-hydrogen) atoms. The van der Waals surface area contributed by atoms with Crippen molar-refractivity contribution in [1.29, 1.82) is 0 Å². The van der Waals surface area contributed by atoms with E-state index >= 15 is 0 Å². The number of pyridine rings is 1. The second-order valence-corrected chi connectivity index (χ2v) is 4.38. The minimum atomic E-state index is -4.67. The molecule has 4 nitrogen and oxygen atoms in total. The standard InChI is InChI=1S/C10H4BrF3N2O2/c11-5-1-7-8(10(12,13)14)2-6(16(17)18)3-9(7)15-4-5/h1-4H. The Hall–Kier alpha value is -1.70. The molecule has 0 aliphatic heterocycles. The molecule has 0 radical (unpaired) electrons. The number of nitrogens with zero attached hydrogens (tertiary/aromatic N) is 2. The van der Waals surface area contributed by atoms with Gasteiger partial charge in [-0.05, 0) is 22.0 Å². The molecule has 1 heterocycles. The molecule has 1 aromatic carbocycles. The average Bonchev–Trinajstić information content (AvgIpc) is 2.26. The summed E-state index contributed by atoms with van der Waals surface area (Å²) < 4.78 is 38.9. The van der Waals surface area contributed by atoms with Gasteiger partial charge in [-0.1, -0.05) is 0 Å². The van der Waals surface area contributed by atoms with Crippen LogP contribution >= 0.6 is 15.9 Å². The van der Waals surface area contributed by atoms with Crippen LogP contribution in [-0.2, 0) is 6.18 Å². The first-order valence-electron chi connectivity index (χ1n) is 4.60. The number of benzene rings is 1. The summed E-state index contributed by atoms with van der Waals surface area (Å²) in [5, 5.41) is 10.4. The number of nitro groups is 1. The highest BCUT2D eigenvalue weighted by Gasteiger charge is 2.34. The number of halogens is 4. The number of nitro benzene ring substituents is 1. The molecule has 0 bridgehead atoms. The van der Waals surface area contributed by atoms with E-state index in [1.54, 1.807) is 0 Å². The lowest BCUT2D eigenvalue weighted by atomic mass is 10.1. The van der Waals surface area contributed by atoms with Crippen LogP contribution in [0, 0.1) is 10.1 Å². The largest absolute Gasteiger partial charge is 0.417 e. The van der Waals surface area contributed by atoms with E-state index in [0.717, 1.165) is 6.07 Å². The SMILES string of the molecule is O=[N+]([O-])c1cc(C(F)(F)F)c2cc(Br)cnc2c1. The first-order valence-corrected chi connectivity index (χ1v) is 5.39. The van der Waals surface area contributed by atoms with Gasteiger partial charge in [0.1, 0.15) is 0 Å². The Morgan fingerprint density at radius 2 is 1.94 bits per heavy atom. The molecule has 1 aromatic heterocycles. The van der Waals surface area contributed by atoms with Gasteiger partial charge in [0.25, 0.3) is 5.69 Å². The van der Waals surface area contributed by atoms with Crippen LogP contribution in [0.5, 0.6) is 0 Å². The average molecular weight is 321 g/mol. The maximum atomic E-state index is 12.8. The zero-order valence-corrected chi connectivity index (χ0v) is 10.1. The van der Waals surface area contributed by atoms with Crippen LogP contribution in [0.15, 0.2) is 28.9 Å². The third kappa shape index (κ3) is 2.28. The van der Waals surface area contributed by atoms with Crippen LogP contribution in [0.3, 0.4) is 0 Å². The number of alkyl halides is 3. The lowest BCUT2D eigenvalue weighted by molar-refractivity contribution is -0.385. The lowest BCUT2D eigenvalue weighted by Gasteiger charge is -2.10. The van der Waals surface area contributed by atoms with E-state index in [-0.39, 0.29) is 10.9 Å². The molecular weight excluding hydrogens is 317 g/mol. The van der Waals surface area contributed by atoms with E-state index in [1.165, 1.54) is 12.3 Å². The smallest absolute Gasteiger partial charge is 0.258 e. The summed E-state index contributed by atoms with van der Waals surface area (Å²) in [4.78, 5) is 13.5. The van der Waals surface area contributed by atoms with E-state index in [2.05, 4.69) is 20.9 Å². The van der Waals surface area contributed by atoms with Crippen molar-refractivity contribution in [2.75, 3.05) is 0 Å². The zero-order chi connectivity index (χ0) is 13.5. The molecule has 0 aliphatic rings. The van der Waals surface area contributed by atoms with Gasteiger partial charge in [0.05, 0.1) is 16.0 Å². The van der Waals surface area contributed by atoms with Gasteiger partial charge in [0.15, 0.2) is 0 Å². The summed E-state index contributed by atoms with van der Waals surface area (Å²) in [5.74, 6) is 0. The number of rotatable bonds is 1. The third-order valence-electron chi connectivity index (χ3n) is 2.27. The summed E-state index contributed by atoms with van der Waals surface area (Å²) in [6, 6.07) is 2.75. The van der Waals surface area contributed by atoms with Crippen molar-refractivity contribution in [3.8, 4) is 0 Å². The molecule has 0 spiro atoms. The van der Waals surface area contributed by atoms with Crippen molar-refractivity contribution in [3.63, 3.8) is 0 Å². The van der Waals surface area contributed by atoms with Crippen molar-refractivity contribution in [1.82, 2.24) is 4.98 Å². The van der Waals surface area contributed by atoms with Crippen LogP contribution in [0.4, 0.5) is 18.9 Å². The summed E-state index contributed by atoms with van der Waals surface area (Å²) >= 11 is 3.02. The van der Waals surface area contributed by atoms with Crippen LogP contribution in [-0.4, -0.2) is 9.91 Å². The number of aromatic nitrogens is 1. The molecular formula is C10H4BrF3N2O2. The van der Waals surface area contributed by atoms with Gasteiger partial charge >= 0.3 is 6.18 Å². The minimum Gasteiger partial charge on any atom is -0.258 e. The van der Waals surface area contributed by atoms with Gasteiger partial charge in [-0.3, -0.25) is 15.1 Å². The minimum absolute atomic E-state index is 0.0697. The number of fused-ring (bicyclic) bond motifs is 1. The Morgan fingerprint density at radius 3 is 2.50 bits per heavy atom. The van der Waals surface area contributed by atoms with Crippen LogP contribution < -0.4 is 0 Å². The molecule has 0 amide bonds. The topological polar surface area (TPSA) is 56.0 Å². The van der Waals surface area contributed by atoms with Gasteiger partial charge in [0, 0.05) is 28.2 Å². The van der Waals surface area contributed by atoms with E-state index < -0.39 is 22.4 Å². The number of non-ortho nitro benzene ring substituents is 1. The fourth-order valence-corrected chi connectivity index (χ4v) is 1.86. The molecule has 0 aliphatic carbocycles. The highest BCUT2D eigenvalue weighted by atomic mass is 79.9. The molecule has 2 rings (SSSR count). The maximum Gasteiger partial charge on any atom is 0.417 e. The van der Waals surface area contributed by atoms with Crippen LogP contribution in [0.25, 0.3) is 10.9 Å². The van der Waals surface area contributed by atoms with Gasteiger partial charge in [-0.2, -0.15) is 13.2 Å². The first-order chi connectivity index (χ1) is 8.29. The molecule has 0 N–H and O–H groups in total. The van der Waals surface area contributed by atoms with Gasteiger partial charge < -0.3 is 0 Å². The Labute approximate surface area is 107 Å². The van der Waals surface area contributed by atoms with Crippen molar-refractivity contribution in [3.05, 3.63) is 44.5 Å². The van der Waals surface area contributed by atoms with Gasteiger partial charge in [-0.25, -0.2) is 0 Å². The summed E-state index contributed by atoms with van der Waals surface area (Å²) in [5.41, 5.74) is -1.77. The Balaban J connectivity index is 2.86. The fourth-order valence-electron chi connectivity index (χ4n) is 1.53. The van der Waals surface area contributed by atoms with Gasteiger partial charge in [-0.15, -0.1) is 0 Å². The zero-order valence-electron chi connectivity index (χ0n) is 8.53. The highest BCUT2D eigenvalue weighted by Crippen LogP contribution is 2.37. The van der Waals surface area contributed by atoms with Crippen molar-refractivity contribution in [2.45, 2.75) is 6.18 Å². The van der Waals surface area contributed by atoms with Crippen molar-refractivity contribution >= 4 is 32.5 Å².